The van der Waals surface area contributed by atoms with E-state index in [9.17, 15) is 0 Å². The Morgan fingerprint density at radius 1 is 1.62 bits per heavy atom. The number of hydrogen-bond donors (Lipinski definition) is 1. The van der Waals surface area contributed by atoms with Gasteiger partial charge in [-0.1, -0.05) is 16.8 Å². The lowest BCUT2D eigenvalue weighted by Gasteiger charge is -2.09. The fourth-order valence-electron chi connectivity index (χ4n) is 1.62. The van der Waals surface area contributed by atoms with Gasteiger partial charge in [0, 0.05) is 18.2 Å². The van der Waals surface area contributed by atoms with Crippen molar-refractivity contribution in [2.24, 2.45) is 5.16 Å². The topological polar surface area (TPSA) is 44.8 Å². The molecule has 1 aliphatic rings. The normalized spacial score (nSPS) is 19.8. The highest BCUT2D eigenvalue weighted by atomic mass is 35.5. The molecule has 0 radical (unpaired) electrons. The van der Waals surface area contributed by atoms with Crippen LogP contribution in [0.1, 0.15) is 12.5 Å². The lowest BCUT2D eigenvalue weighted by Crippen LogP contribution is -2.14. The zero-order valence-electron chi connectivity index (χ0n) is 9.14. The third-order valence-corrected chi connectivity index (χ3v) is 2.93. The summed E-state index contributed by atoms with van der Waals surface area (Å²) in [4.78, 5) is 1.98. The van der Waals surface area contributed by atoms with Crippen molar-refractivity contribution in [3.8, 4) is 5.75 Å². The smallest absolute Gasteiger partial charge is 0.175 e. The fourth-order valence-corrected chi connectivity index (χ4v) is 1.88. The average Bonchev–Trinajstić information content (AvgIpc) is 2.97. The molecule has 1 aromatic rings. The summed E-state index contributed by atoms with van der Waals surface area (Å²) in [5, 5.41) is 12.8. The summed E-state index contributed by atoms with van der Waals surface area (Å²) >= 11 is 6.01. The number of rotatable bonds is 2. The largest absolute Gasteiger partial charge is 0.495 e. The van der Waals surface area contributed by atoms with E-state index in [0.29, 0.717) is 22.6 Å². The van der Waals surface area contributed by atoms with Gasteiger partial charge in [0.25, 0.3) is 0 Å². The Balaban J connectivity index is 2.30. The van der Waals surface area contributed by atoms with Crippen LogP contribution in [0.15, 0.2) is 23.4 Å². The number of hydrogen-bond acceptors (Lipinski definition) is 3. The lowest BCUT2D eigenvalue weighted by molar-refractivity contribution is 0.313. The molecule has 1 aliphatic heterocycles. The van der Waals surface area contributed by atoms with E-state index in [1.165, 1.54) is 0 Å². The molecule has 86 valence electrons. The van der Waals surface area contributed by atoms with Crippen LogP contribution in [-0.4, -0.2) is 35.6 Å². The minimum Gasteiger partial charge on any atom is -0.495 e. The summed E-state index contributed by atoms with van der Waals surface area (Å²) in [6.45, 7) is 2.97. The number of nitrogens with zero attached hydrogens (tertiary/aromatic N) is 2. The summed E-state index contributed by atoms with van der Waals surface area (Å²) in [7, 11) is 1.56. The number of benzene rings is 1. The van der Waals surface area contributed by atoms with Gasteiger partial charge < -0.3 is 14.8 Å². The molecule has 5 heteroatoms. The summed E-state index contributed by atoms with van der Waals surface area (Å²) in [6, 6.07) is 5.74. The molecule has 1 fully saturated rings. The number of amidine groups is 1. The Morgan fingerprint density at radius 3 is 2.75 bits per heavy atom. The molecule has 1 N–H and O–H groups in total. The monoisotopic (exact) mass is 240 g/mol. The molecule has 0 spiro atoms. The average molecular weight is 241 g/mol. The maximum atomic E-state index is 9.00. The van der Waals surface area contributed by atoms with Crippen LogP contribution in [0.2, 0.25) is 5.02 Å². The molecule has 1 saturated heterocycles. The second-order valence-corrected chi connectivity index (χ2v) is 4.18. The van der Waals surface area contributed by atoms with Gasteiger partial charge in [0.15, 0.2) is 5.84 Å². The highest BCUT2D eigenvalue weighted by Crippen LogP contribution is 2.28. The van der Waals surface area contributed by atoms with Gasteiger partial charge in [-0.15, -0.1) is 0 Å². The van der Waals surface area contributed by atoms with Gasteiger partial charge in [0.2, 0.25) is 0 Å². The molecule has 0 amide bonds. The molecule has 1 atom stereocenters. The van der Waals surface area contributed by atoms with E-state index in [2.05, 4.69) is 12.1 Å². The van der Waals surface area contributed by atoms with Gasteiger partial charge in [-0.3, -0.25) is 0 Å². The summed E-state index contributed by atoms with van der Waals surface area (Å²) < 4.78 is 5.06. The van der Waals surface area contributed by atoms with Crippen LogP contribution in [0.5, 0.6) is 5.75 Å². The molecule has 1 aromatic carbocycles. The van der Waals surface area contributed by atoms with Crippen LogP contribution in [0, 0.1) is 0 Å². The Bertz CT molecular complexity index is 434. The molecule has 16 heavy (non-hydrogen) atoms. The highest BCUT2D eigenvalue weighted by molar-refractivity contribution is 6.32. The van der Waals surface area contributed by atoms with Gasteiger partial charge in [0.05, 0.1) is 12.1 Å². The van der Waals surface area contributed by atoms with Crippen LogP contribution >= 0.6 is 11.6 Å². The minimum absolute atomic E-state index is 0.423. The first-order chi connectivity index (χ1) is 7.67. The summed E-state index contributed by atoms with van der Waals surface area (Å²) in [5.41, 5.74) is 0.789. The Kier molecular flexibility index (Phi) is 2.92. The molecule has 1 unspecified atom stereocenters. The second kappa shape index (κ2) is 4.22. The Hall–Kier alpha value is -1.42. The summed E-state index contributed by atoms with van der Waals surface area (Å²) in [6.07, 6.45) is 0. The minimum atomic E-state index is 0.423. The molecule has 2 rings (SSSR count). The maximum Gasteiger partial charge on any atom is 0.175 e. The van der Waals surface area contributed by atoms with Gasteiger partial charge in [-0.2, -0.15) is 0 Å². The Morgan fingerprint density at radius 2 is 2.31 bits per heavy atom. The molecule has 0 saturated carbocycles. The SMILES string of the molecule is COc1ccc(/C(=N\O)N2CC2C)cc1Cl. The number of ether oxygens (including phenoxy) is 1. The molecule has 4 nitrogen and oxygen atoms in total. The molecular weight excluding hydrogens is 228 g/mol. The third-order valence-electron chi connectivity index (χ3n) is 2.64. The van der Waals surface area contributed by atoms with Crippen molar-refractivity contribution in [1.29, 1.82) is 0 Å². The van der Waals surface area contributed by atoms with Crippen molar-refractivity contribution in [2.75, 3.05) is 13.7 Å². The van der Waals surface area contributed by atoms with Crippen LogP contribution in [0.3, 0.4) is 0 Å². The second-order valence-electron chi connectivity index (χ2n) is 3.77. The lowest BCUT2D eigenvalue weighted by atomic mass is 10.2. The molecule has 1 heterocycles. The van der Waals surface area contributed by atoms with E-state index in [1.54, 1.807) is 19.2 Å². The highest BCUT2D eigenvalue weighted by Gasteiger charge is 2.33. The van der Waals surface area contributed by atoms with E-state index in [4.69, 9.17) is 21.5 Å². The predicted molar refractivity (Wildman–Crippen MR) is 62.5 cm³/mol. The van der Waals surface area contributed by atoms with Crippen molar-refractivity contribution < 1.29 is 9.94 Å². The van der Waals surface area contributed by atoms with Gasteiger partial charge in [-0.05, 0) is 25.1 Å². The summed E-state index contributed by atoms with van der Waals surface area (Å²) in [5.74, 6) is 1.17. The molecule has 0 aromatic heterocycles. The maximum absolute atomic E-state index is 9.00. The van der Waals surface area contributed by atoms with Gasteiger partial charge in [0.1, 0.15) is 5.75 Å². The third kappa shape index (κ3) is 1.93. The fraction of sp³-hybridized carbons (Fsp3) is 0.364. The first-order valence-corrected chi connectivity index (χ1v) is 5.37. The van der Waals surface area contributed by atoms with Gasteiger partial charge >= 0.3 is 0 Å². The molecule has 0 bridgehead atoms. The Labute approximate surface area is 99.1 Å². The first-order valence-electron chi connectivity index (χ1n) is 5.00. The molecular formula is C11H13ClN2O2. The van der Waals surface area contributed by atoms with E-state index < -0.39 is 0 Å². The van der Waals surface area contributed by atoms with Crippen LogP contribution in [-0.2, 0) is 0 Å². The predicted octanol–water partition coefficient (Wildman–Crippen LogP) is 2.19. The van der Waals surface area contributed by atoms with Crippen molar-refractivity contribution in [1.82, 2.24) is 4.90 Å². The van der Waals surface area contributed by atoms with Crippen molar-refractivity contribution in [3.63, 3.8) is 0 Å². The van der Waals surface area contributed by atoms with E-state index in [1.807, 2.05) is 11.0 Å². The molecule has 0 aliphatic carbocycles. The zero-order chi connectivity index (χ0) is 11.7. The van der Waals surface area contributed by atoms with E-state index in [-0.39, 0.29) is 0 Å². The quantitative estimate of drug-likeness (QED) is 0.283. The van der Waals surface area contributed by atoms with Crippen molar-refractivity contribution >= 4 is 17.4 Å². The number of methoxy groups -OCH3 is 1. The van der Waals surface area contributed by atoms with Crippen molar-refractivity contribution in [2.45, 2.75) is 13.0 Å². The first kappa shape index (κ1) is 11.1. The van der Waals surface area contributed by atoms with Crippen LogP contribution in [0.4, 0.5) is 0 Å². The van der Waals surface area contributed by atoms with E-state index >= 15 is 0 Å². The van der Waals surface area contributed by atoms with Crippen LogP contribution in [0.25, 0.3) is 0 Å². The van der Waals surface area contributed by atoms with E-state index in [0.717, 1.165) is 12.1 Å². The van der Waals surface area contributed by atoms with Gasteiger partial charge in [-0.25, -0.2) is 0 Å². The number of halogens is 1. The number of oxime groups is 1. The zero-order valence-corrected chi connectivity index (χ0v) is 9.90. The standard InChI is InChI=1S/C11H13ClN2O2/c1-7-6-14(7)11(13-15)8-3-4-10(16-2)9(12)5-8/h3-5,7,15H,6H2,1-2H3/b13-11+. The van der Waals surface area contributed by atoms with Crippen LogP contribution < -0.4 is 4.74 Å². The van der Waals surface area contributed by atoms with Crippen molar-refractivity contribution in [3.05, 3.63) is 28.8 Å².